The van der Waals surface area contributed by atoms with Crippen molar-refractivity contribution in [3.63, 3.8) is 0 Å². The van der Waals surface area contributed by atoms with Crippen molar-refractivity contribution in [2.45, 2.75) is 25.9 Å². The lowest BCUT2D eigenvalue weighted by molar-refractivity contribution is -0.143. The van der Waals surface area contributed by atoms with Gasteiger partial charge in [-0.1, -0.05) is 24.3 Å². The molecule has 0 aliphatic rings. The van der Waals surface area contributed by atoms with Crippen LogP contribution < -0.4 is 5.73 Å². The van der Waals surface area contributed by atoms with Crippen LogP contribution in [0.4, 0.5) is 0 Å². The van der Waals surface area contributed by atoms with Crippen LogP contribution in [0.1, 0.15) is 30.4 Å². The van der Waals surface area contributed by atoms with E-state index in [9.17, 15) is 4.79 Å². The molecule has 0 heterocycles. The Labute approximate surface area is 108 Å². The molecule has 1 atom stereocenters. The van der Waals surface area contributed by atoms with Crippen molar-refractivity contribution in [2.24, 2.45) is 5.73 Å². The second kappa shape index (κ2) is 7.84. The summed E-state index contributed by atoms with van der Waals surface area (Å²) < 4.78 is 10.00. The predicted octanol–water partition coefficient (Wildman–Crippen LogP) is 1.83. The molecule has 4 heteroatoms. The number of methoxy groups -OCH3 is 1. The molecule has 0 spiro atoms. The third-order valence-corrected chi connectivity index (χ3v) is 2.77. The van der Waals surface area contributed by atoms with Gasteiger partial charge in [0.2, 0.25) is 0 Å². The lowest BCUT2D eigenvalue weighted by Crippen LogP contribution is -2.18. The molecule has 0 amide bonds. The molecule has 0 aromatic heterocycles. The fraction of sp³-hybridized carbons (Fsp3) is 0.500. The number of hydrogen-bond donors (Lipinski definition) is 1. The van der Waals surface area contributed by atoms with Crippen LogP contribution in [0.3, 0.4) is 0 Å². The maximum atomic E-state index is 11.5. The molecular weight excluding hydrogens is 230 g/mol. The number of esters is 1. The Morgan fingerprint density at radius 2 is 2.00 bits per heavy atom. The number of nitrogens with two attached hydrogens (primary N) is 1. The first kappa shape index (κ1) is 14.7. The summed E-state index contributed by atoms with van der Waals surface area (Å²) in [5, 5.41) is 0. The van der Waals surface area contributed by atoms with E-state index in [-0.39, 0.29) is 11.9 Å². The predicted molar refractivity (Wildman–Crippen MR) is 70.2 cm³/mol. The van der Waals surface area contributed by atoms with Crippen LogP contribution in [-0.2, 0) is 20.9 Å². The molecule has 18 heavy (non-hydrogen) atoms. The minimum absolute atomic E-state index is 0.0145. The summed E-state index contributed by atoms with van der Waals surface area (Å²) in [5.74, 6) is -0.186. The van der Waals surface area contributed by atoms with E-state index >= 15 is 0 Å². The molecule has 1 rings (SSSR count). The molecule has 0 aliphatic carbocycles. The first-order chi connectivity index (χ1) is 8.71. The van der Waals surface area contributed by atoms with Crippen molar-refractivity contribution in [3.05, 3.63) is 35.4 Å². The summed E-state index contributed by atoms with van der Waals surface area (Å²) >= 11 is 0. The van der Waals surface area contributed by atoms with Crippen LogP contribution in [0.15, 0.2) is 24.3 Å². The van der Waals surface area contributed by atoms with Gasteiger partial charge in [0, 0.05) is 13.0 Å². The zero-order chi connectivity index (χ0) is 13.4. The summed E-state index contributed by atoms with van der Waals surface area (Å²) in [6, 6.07) is 7.97. The third-order valence-electron chi connectivity index (χ3n) is 2.77. The maximum absolute atomic E-state index is 11.5. The van der Waals surface area contributed by atoms with E-state index in [0.717, 1.165) is 11.1 Å². The van der Waals surface area contributed by atoms with E-state index in [1.165, 1.54) is 0 Å². The Morgan fingerprint density at radius 3 is 2.50 bits per heavy atom. The fourth-order valence-corrected chi connectivity index (χ4v) is 1.81. The number of carbonyl (C=O) groups excluding carboxylic acids is 1. The van der Waals surface area contributed by atoms with Gasteiger partial charge in [0.25, 0.3) is 0 Å². The Morgan fingerprint density at radius 1 is 1.33 bits per heavy atom. The van der Waals surface area contributed by atoms with Gasteiger partial charge in [-0.3, -0.25) is 4.79 Å². The highest BCUT2D eigenvalue weighted by Crippen LogP contribution is 2.20. The van der Waals surface area contributed by atoms with E-state index in [1.54, 1.807) is 14.0 Å². The number of ether oxygens (including phenoxy) is 2. The average Bonchev–Trinajstić information content (AvgIpc) is 2.38. The van der Waals surface area contributed by atoms with Gasteiger partial charge in [0.1, 0.15) is 0 Å². The van der Waals surface area contributed by atoms with E-state index < -0.39 is 0 Å². The van der Waals surface area contributed by atoms with Crippen LogP contribution in [0.2, 0.25) is 0 Å². The zero-order valence-corrected chi connectivity index (χ0v) is 11.0. The number of benzene rings is 1. The van der Waals surface area contributed by atoms with Gasteiger partial charge < -0.3 is 15.2 Å². The first-order valence-electron chi connectivity index (χ1n) is 6.14. The topological polar surface area (TPSA) is 61.5 Å². The van der Waals surface area contributed by atoms with Gasteiger partial charge in [-0.2, -0.15) is 0 Å². The lowest BCUT2D eigenvalue weighted by Gasteiger charge is -2.14. The minimum atomic E-state index is -0.200. The van der Waals surface area contributed by atoms with Crippen molar-refractivity contribution in [1.29, 1.82) is 0 Å². The molecule has 100 valence electrons. The van der Waals surface area contributed by atoms with Gasteiger partial charge in [0.05, 0.1) is 19.6 Å². The second-order valence-electron chi connectivity index (χ2n) is 4.12. The highest BCUT2D eigenvalue weighted by molar-refractivity contribution is 5.70. The van der Waals surface area contributed by atoms with E-state index in [4.69, 9.17) is 15.2 Å². The standard InChI is InChI=1S/C14H21NO3/c1-3-18-14(16)8-13(9-15)12-6-4-11(5-7-12)10-17-2/h4-7,13H,3,8-10,15H2,1-2H3. The second-order valence-corrected chi connectivity index (χ2v) is 4.12. The molecule has 0 fully saturated rings. The van der Waals surface area contributed by atoms with Gasteiger partial charge in [-0.25, -0.2) is 0 Å². The van der Waals surface area contributed by atoms with Gasteiger partial charge in [0.15, 0.2) is 0 Å². The Kier molecular flexibility index (Phi) is 6.39. The Hall–Kier alpha value is -1.39. The van der Waals surface area contributed by atoms with Crippen molar-refractivity contribution in [3.8, 4) is 0 Å². The zero-order valence-electron chi connectivity index (χ0n) is 11.0. The van der Waals surface area contributed by atoms with Crippen molar-refractivity contribution in [1.82, 2.24) is 0 Å². The molecule has 0 radical (unpaired) electrons. The maximum Gasteiger partial charge on any atom is 0.306 e. The van der Waals surface area contributed by atoms with Crippen molar-refractivity contribution < 1.29 is 14.3 Å². The summed E-state index contributed by atoms with van der Waals surface area (Å²) in [6.45, 7) is 3.23. The molecule has 1 unspecified atom stereocenters. The summed E-state index contributed by atoms with van der Waals surface area (Å²) in [4.78, 5) is 11.5. The molecule has 4 nitrogen and oxygen atoms in total. The average molecular weight is 251 g/mol. The van der Waals surface area contributed by atoms with Gasteiger partial charge in [-0.15, -0.1) is 0 Å². The van der Waals surface area contributed by atoms with Crippen LogP contribution >= 0.6 is 0 Å². The Bertz CT molecular complexity index is 362. The molecule has 2 N–H and O–H groups in total. The molecule has 0 aliphatic heterocycles. The van der Waals surface area contributed by atoms with Crippen LogP contribution in [0.25, 0.3) is 0 Å². The summed E-state index contributed by atoms with van der Waals surface area (Å²) in [5.41, 5.74) is 7.88. The first-order valence-corrected chi connectivity index (χ1v) is 6.14. The normalized spacial score (nSPS) is 12.2. The molecule has 1 aromatic rings. The highest BCUT2D eigenvalue weighted by Gasteiger charge is 2.15. The van der Waals surface area contributed by atoms with E-state index in [0.29, 0.717) is 26.2 Å². The van der Waals surface area contributed by atoms with E-state index in [1.807, 2.05) is 24.3 Å². The van der Waals surface area contributed by atoms with Crippen molar-refractivity contribution >= 4 is 5.97 Å². The van der Waals surface area contributed by atoms with E-state index in [2.05, 4.69) is 0 Å². The van der Waals surface area contributed by atoms with Crippen molar-refractivity contribution in [2.75, 3.05) is 20.3 Å². The molecule has 0 saturated carbocycles. The fourth-order valence-electron chi connectivity index (χ4n) is 1.81. The Balaban J connectivity index is 2.66. The lowest BCUT2D eigenvalue weighted by atomic mass is 9.95. The number of carbonyl (C=O) groups is 1. The molecule has 1 aromatic carbocycles. The number of rotatable bonds is 7. The minimum Gasteiger partial charge on any atom is -0.466 e. The smallest absolute Gasteiger partial charge is 0.306 e. The van der Waals surface area contributed by atoms with Crippen LogP contribution in [-0.4, -0.2) is 26.2 Å². The SMILES string of the molecule is CCOC(=O)CC(CN)c1ccc(COC)cc1. The quantitative estimate of drug-likeness (QED) is 0.751. The largest absolute Gasteiger partial charge is 0.466 e. The molecular formula is C14H21NO3. The third kappa shape index (κ3) is 4.47. The molecule has 0 saturated heterocycles. The van der Waals surface area contributed by atoms with Gasteiger partial charge in [-0.05, 0) is 24.6 Å². The number of hydrogen-bond acceptors (Lipinski definition) is 4. The molecule has 0 bridgehead atoms. The summed E-state index contributed by atoms with van der Waals surface area (Å²) in [7, 11) is 1.66. The van der Waals surface area contributed by atoms with Crippen LogP contribution in [0.5, 0.6) is 0 Å². The highest BCUT2D eigenvalue weighted by atomic mass is 16.5. The summed E-state index contributed by atoms with van der Waals surface area (Å²) in [6.07, 6.45) is 0.327. The monoisotopic (exact) mass is 251 g/mol. The van der Waals surface area contributed by atoms with Gasteiger partial charge >= 0.3 is 5.97 Å². The van der Waals surface area contributed by atoms with Crippen LogP contribution in [0, 0.1) is 0 Å².